The molecule has 0 aliphatic heterocycles. The van der Waals surface area contributed by atoms with E-state index in [4.69, 9.17) is 5.14 Å². The topological polar surface area (TPSA) is 60.2 Å². The summed E-state index contributed by atoms with van der Waals surface area (Å²) in [5, 5.41) is 5.18. The third-order valence-corrected chi connectivity index (χ3v) is 5.49. The fourth-order valence-electron chi connectivity index (χ4n) is 3.12. The highest BCUT2D eigenvalue weighted by molar-refractivity contribution is 7.89. The lowest BCUT2D eigenvalue weighted by molar-refractivity contribution is 0.598. The Kier molecular flexibility index (Phi) is 3.08. The summed E-state index contributed by atoms with van der Waals surface area (Å²) in [6.45, 7) is 0. The van der Waals surface area contributed by atoms with Crippen LogP contribution in [-0.2, 0) is 10.0 Å². The molecule has 1 fully saturated rings. The predicted molar refractivity (Wildman–Crippen MR) is 91.9 cm³/mol. The van der Waals surface area contributed by atoms with E-state index in [2.05, 4.69) is 24.3 Å². The van der Waals surface area contributed by atoms with Gasteiger partial charge in [0.2, 0.25) is 10.0 Å². The molecule has 0 heterocycles. The molecule has 0 aromatic heterocycles. The highest BCUT2D eigenvalue weighted by atomic mass is 32.2. The quantitative estimate of drug-likeness (QED) is 0.938. The van der Waals surface area contributed by atoms with Gasteiger partial charge in [-0.05, 0) is 47.2 Å². The van der Waals surface area contributed by atoms with E-state index in [0.717, 1.165) is 5.56 Å². The number of sulfonamides is 1. The number of benzene rings is 2. The van der Waals surface area contributed by atoms with Crippen molar-refractivity contribution in [1.29, 1.82) is 0 Å². The predicted octanol–water partition coefficient (Wildman–Crippen LogP) is 3.59. The number of primary sulfonamides is 1. The molecule has 0 radical (unpaired) electrons. The van der Waals surface area contributed by atoms with Gasteiger partial charge in [-0.15, -0.1) is 0 Å². The van der Waals surface area contributed by atoms with Crippen molar-refractivity contribution >= 4 is 21.2 Å². The van der Waals surface area contributed by atoms with Gasteiger partial charge in [-0.1, -0.05) is 54.6 Å². The second kappa shape index (κ2) is 4.91. The number of allylic oxidation sites excluding steroid dienone is 4. The molecule has 0 saturated heterocycles. The van der Waals surface area contributed by atoms with Gasteiger partial charge in [0, 0.05) is 5.41 Å². The Bertz CT molecular complexity index is 919. The largest absolute Gasteiger partial charge is 0.238 e. The first-order valence-corrected chi connectivity index (χ1v) is 9.16. The number of nitrogens with two attached hydrogens (primary N) is 1. The van der Waals surface area contributed by atoms with Crippen molar-refractivity contribution in [3.63, 3.8) is 0 Å². The molecular weight excluding hydrogens is 306 g/mol. The van der Waals surface area contributed by atoms with Crippen LogP contribution in [0.5, 0.6) is 0 Å². The van der Waals surface area contributed by atoms with E-state index in [-0.39, 0.29) is 10.3 Å². The van der Waals surface area contributed by atoms with Crippen LogP contribution in [0.25, 0.3) is 11.1 Å². The first kappa shape index (κ1) is 14.4. The van der Waals surface area contributed by atoms with Crippen molar-refractivity contribution < 1.29 is 8.42 Å². The van der Waals surface area contributed by atoms with Crippen LogP contribution in [0.1, 0.15) is 24.0 Å². The normalized spacial score (nSPS) is 18.7. The minimum atomic E-state index is -3.65. The van der Waals surface area contributed by atoms with Gasteiger partial charge in [0.25, 0.3) is 0 Å². The molecule has 2 N–H and O–H groups in total. The lowest BCUT2D eigenvalue weighted by Crippen LogP contribution is -2.11. The molecule has 3 nitrogen and oxygen atoms in total. The molecule has 4 rings (SSSR count). The van der Waals surface area contributed by atoms with Crippen molar-refractivity contribution in [3.05, 3.63) is 77.9 Å². The molecule has 0 unspecified atom stereocenters. The average molecular weight is 323 g/mol. The molecule has 0 bridgehead atoms. The molecule has 0 amide bonds. The molecule has 0 atom stereocenters. The van der Waals surface area contributed by atoms with Crippen molar-refractivity contribution in [2.45, 2.75) is 17.7 Å². The van der Waals surface area contributed by atoms with E-state index in [1.807, 2.05) is 30.3 Å². The van der Waals surface area contributed by atoms with Gasteiger partial charge < -0.3 is 0 Å². The van der Waals surface area contributed by atoms with Crippen LogP contribution in [0, 0.1) is 5.41 Å². The van der Waals surface area contributed by atoms with Crippen molar-refractivity contribution in [2.24, 2.45) is 10.6 Å². The zero-order chi connectivity index (χ0) is 16.1. The first-order valence-electron chi connectivity index (χ1n) is 7.62. The monoisotopic (exact) mass is 323 g/mol. The van der Waals surface area contributed by atoms with Crippen LogP contribution >= 0.6 is 0 Å². The minimum Gasteiger partial charge on any atom is -0.225 e. The molecule has 2 aliphatic carbocycles. The van der Waals surface area contributed by atoms with E-state index >= 15 is 0 Å². The minimum absolute atomic E-state index is 0.145. The summed E-state index contributed by atoms with van der Waals surface area (Å²) in [4.78, 5) is 0.145. The fraction of sp³-hybridized carbons (Fsp3) is 0.158. The second-order valence-electron chi connectivity index (χ2n) is 6.28. The highest BCUT2D eigenvalue weighted by Gasteiger charge is 2.43. The molecule has 116 valence electrons. The second-order valence-corrected chi connectivity index (χ2v) is 7.85. The van der Waals surface area contributed by atoms with Crippen LogP contribution in [0.3, 0.4) is 0 Å². The Labute approximate surface area is 136 Å². The summed E-state index contributed by atoms with van der Waals surface area (Å²) in [6.07, 6.45) is 7.04. The third kappa shape index (κ3) is 2.64. The first-order chi connectivity index (χ1) is 11.0. The lowest BCUT2D eigenvalue weighted by Gasteiger charge is -2.10. The maximum atomic E-state index is 11.4. The smallest absolute Gasteiger partial charge is 0.225 e. The third-order valence-electron chi connectivity index (χ3n) is 4.56. The SMILES string of the molecule is NS(=O)(=O)c1ccc(C2=CC3(C=C2c2ccccc2)CC3)cc1. The van der Waals surface area contributed by atoms with E-state index in [1.54, 1.807) is 12.1 Å². The molecule has 23 heavy (non-hydrogen) atoms. The van der Waals surface area contributed by atoms with Crippen LogP contribution < -0.4 is 5.14 Å². The summed E-state index contributed by atoms with van der Waals surface area (Å²) in [5.74, 6) is 0. The summed E-state index contributed by atoms with van der Waals surface area (Å²) in [7, 11) is -3.65. The maximum absolute atomic E-state index is 11.4. The average Bonchev–Trinajstić information content (AvgIpc) is 3.18. The van der Waals surface area contributed by atoms with Gasteiger partial charge in [0.15, 0.2) is 0 Å². The molecule has 4 heteroatoms. The standard InChI is InChI=1S/C19H17NO2S/c20-23(21,22)16-8-6-15(7-9-16)18-13-19(10-11-19)12-17(18)14-4-2-1-3-5-14/h1-9,12-13H,10-11H2,(H2,20,21,22). The van der Waals surface area contributed by atoms with E-state index in [1.165, 1.54) is 29.6 Å². The number of hydrogen-bond donors (Lipinski definition) is 1. The van der Waals surface area contributed by atoms with Gasteiger partial charge >= 0.3 is 0 Å². The Morgan fingerprint density at radius 2 is 1.30 bits per heavy atom. The number of hydrogen-bond acceptors (Lipinski definition) is 2. The Hall–Kier alpha value is -2.17. The Balaban J connectivity index is 1.77. The maximum Gasteiger partial charge on any atom is 0.238 e. The Morgan fingerprint density at radius 1 is 0.783 bits per heavy atom. The molecule has 2 aromatic rings. The van der Waals surface area contributed by atoms with E-state index in [0.29, 0.717) is 0 Å². The number of rotatable bonds is 3. The molecule has 1 spiro atoms. The zero-order valence-electron chi connectivity index (χ0n) is 12.6. The Morgan fingerprint density at radius 3 is 1.78 bits per heavy atom. The lowest BCUT2D eigenvalue weighted by atomic mass is 9.95. The van der Waals surface area contributed by atoms with Gasteiger partial charge in [0.05, 0.1) is 4.90 Å². The van der Waals surface area contributed by atoms with Gasteiger partial charge in [-0.2, -0.15) is 0 Å². The van der Waals surface area contributed by atoms with Crippen molar-refractivity contribution in [3.8, 4) is 0 Å². The molecule has 1 saturated carbocycles. The van der Waals surface area contributed by atoms with E-state index < -0.39 is 10.0 Å². The summed E-state index contributed by atoms with van der Waals surface area (Å²) >= 11 is 0. The van der Waals surface area contributed by atoms with Crippen molar-refractivity contribution in [2.75, 3.05) is 0 Å². The molecular formula is C19H17NO2S. The summed E-state index contributed by atoms with van der Waals surface area (Å²) < 4.78 is 22.8. The molecule has 2 aliphatic rings. The van der Waals surface area contributed by atoms with Gasteiger partial charge in [-0.25, -0.2) is 13.6 Å². The van der Waals surface area contributed by atoms with Crippen molar-refractivity contribution in [1.82, 2.24) is 0 Å². The molecule has 2 aromatic carbocycles. The van der Waals surface area contributed by atoms with Crippen LogP contribution in [0.4, 0.5) is 0 Å². The summed E-state index contributed by atoms with van der Waals surface area (Å²) in [5.41, 5.74) is 4.83. The van der Waals surface area contributed by atoms with Gasteiger partial charge in [-0.3, -0.25) is 0 Å². The van der Waals surface area contributed by atoms with Crippen LogP contribution in [-0.4, -0.2) is 8.42 Å². The van der Waals surface area contributed by atoms with Gasteiger partial charge in [0.1, 0.15) is 0 Å². The highest BCUT2D eigenvalue weighted by Crippen LogP contribution is 2.57. The zero-order valence-corrected chi connectivity index (χ0v) is 13.4. The van der Waals surface area contributed by atoms with Crippen LogP contribution in [0.2, 0.25) is 0 Å². The summed E-state index contributed by atoms with van der Waals surface area (Å²) in [6, 6.07) is 17.1. The fourth-order valence-corrected chi connectivity index (χ4v) is 3.64. The van der Waals surface area contributed by atoms with E-state index in [9.17, 15) is 8.42 Å². The van der Waals surface area contributed by atoms with Crippen LogP contribution in [0.15, 0.2) is 71.6 Å².